The Morgan fingerprint density at radius 2 is 1.90 bits per heavy atom. The summed E-state index contributed by atoms with van der Waals surface area (Å²) < 4.78 is 25.6. The van der Waals surface area contributed by atoms with Crippen LogP contribution in [-0.2, 0) is 0 Å². The predicted molar refractivity (Wildman–Crippen MR) is 117 cm³/mol. The molecule has 0 aliphatic heterocycles. The van der Waals surface area contributed by atoms with Gasteiger partial charge >= 0.3 is 0 Å². The Balaban J connectivity index is 2.31. The summed E-state index contributed by atoms with van der Waals surface area (Å²) in [7, 11) is 1.53. The summed E-state index contributed by atoms with van der Waals surface area (Å²) in [5.74, 6) is 0.308. The molecule has 3 aromatic rings. The predicted octanol–water partition coefficient (Wildman–Crippen LogP) is 5.33. The summed E-state index contributed by atoms with van der Waals surface area (Å²) in [5, 5.41) is -0.136. The first-order valence-corrected chi connectivity index (χ1v) is 10.3. The molecule has 158 valence electrons. The van der Waals surface area contributed by atoms with Crippen molar-refractivity contribution in [2.45, 2.75) is 26.2 Å². The van der Waals surface area contributed by atoms with Gasteiger partial charge in [-0.05, 0) is 42.7 Å². The minimum absolute atomic E-state index is 0.120. The third kappa shape index (κ3) is 4.33. The van der Waals surface area contributed by atoms with Crippen LogP contribution in [0.2, 0.25) is 0 Å². The van der Waals surface area contributed by atoms with Gasteiger partial charge in [-0.3, -0.25) is 9.59 Å². The van der Waals surface area contributed by atoms with E-state index < -0.39 is 11.2 Å². The van der Waals surface area contributed by atoms with Gasteiger partial charge in [0, 0.05) is 12.3 Å². The van der Waals surface area contributed by atoms with E-state index in [0.29, 0.717) is 36.0 Å². The number of pyridine rings is 1. The zero-order chi connectivity index (χ0) is 21.7. The Morgan fingerprint density at radius 3 is 2.53 bits per heavy atom. The molecule has 1 N–H and O–H groups in total. The number of benzene rings is 2. The van der Waals surface area contributed by atoms with E-state index in [-0.39, 0.29) is 34.4 Å². The fourth-order valence-electron chi connectivity index (χ4n) is 3.26. The number of methoxy groups -OCH3 is 1. The van der Waals surface area contributed by atoms with Crippen LogP contribution in [-0.4, -0.2) is 30.4 Å². The van der Waals surface area contributed by atoms with Crippen LogP contribution in [0.5, 0.6) is 11.5 Å². The summed E-state index contributed by atoms with van der Waals surface area (Å²) in [6.45, 7) is 2.34. The Morgan fingerprint density at radius 1 is 1.17 bits per heavy atom. The van der Waals surface area contributed by atoms with E-state index in [1.54, 1.807) is 24.3 Å². The molecule has 1 heterocycles. The molecule has 30 heavy (non-hydrogen) atoms. The average Bonchev–Trinajstić information content (AvgIpc) is 2.76. The van der Waals surface area contributed by atoms with Gasteiger partial charge in [-0.1, -0.05) is 19.1 Å². The van der Waals surface area contributed by atoms with Gasteiger partial charge in [-0.2, -0.15) is 0 Å². The molecule has 7 heteroatoms. The van der Waals surface area contributed by atoms with Crippen molar-refractivity contribution in [1.82, 2.24) is 4.98 Å². The highest BCUT2D eigenvalue weighted by molar-refractivity contribution is 6.18. The van der Waals surface area contributed by atoms with Crippen molar-refractivity contribution in [2.24, 2.45) is 0 Å². The second kappa shape index (κ2) is 9.76. The standard InChI is InChI=1S/C23H23ClFNO4/c1-3-13-30-18-11-10-16(25)20-22(18)26-21(17(27)5-4-12-24)19(23(20)28)14-6-8-15(29-2)9-7-14/h6-11H,3-5,12-13H2,1-2H3,(H,26,28). The van der Waals surface area contributed by atoms with Crippen LogP contribution in [0.4, 0.5) is 4.39 Å². The lowest BCUT2D eigenvalue weighted by molar-refractivity contribution is 0.0978. The van der Waals surface area contributed by atoms with Crippen LogP contribution in [0.3, 0.4) is 0 Å². The van der Waals surface area contributed by atoms with E-state index in [1.807, 2.05) is 6.92 Å². The number of carbonyl (C=O) groups excluding carboxylic acids is 1. The van der Waals surface area contributed by atoms with Crippen molar-refractivity contribution in [3.8, 4) is 22.6 Å². The Hall–Kier alpha value is -2.86. The lowest BCUT2D eigenvalue weighted by Crippen LogP contribution is -2.17. The largest absolute Gasteiger partial charge is 0.497 e. The molecule has 0 amide bonds. The number of carbonyl (C=O) groups is 1. The molecule has 0 radical (unpaired) electrons. The number of halogens is 2. The number of aromatic nitrogens is 1. The van der Waals surface area contributed by atoms with E-state index >= 15 is 0 Å². The number of nitrogens with one attached hydrogen (secondary N) is 1. The van der Waals surface area contributed by atoms with Crippen molar-refractivity contribution >= 4 is 28.3 Å². The van der Waals surface area contributed by atoms with Crippen LogP contribution < -0.4 is 14.9 Å². The molecule has 0 aliphatic rings. The van der Waals surface area contributed by atoms with E-state index in [4.69, 9.17) is 21.1 Å². The number of rotatable bonds is 9. The fraction of sp³-hybridized carbons (Fsp3) is 0.304. The van der Waals surface area contributed by atoms with E-state index in [1.165, 1.54) is 19.2 Å². The van der Waals surface area contributed by atoms with Crippen molar-refractivity contribution in [3.05, 3.63) is 58.1 Å². The second-order valence-corrected chi connectivity index (χ2v) is 7.17. The maximum Gasteiger partial charge on any atom is 0.201 e. The summed E-state index contributed by atoms with van der Waals surface area (Å²) in [4.78, 5) is 29.3. The number of hydrogen-bond donors (Lipinski definition) is 1. The highest BCUT2D eigenvalue weighted by Gasteiger charge is 2.23. The summed E-state index contributed by atoms with van der Waals surface area (Å²) in [6.07, 6.45) is 1.37. The third-order valence-electron chi connectivity index (χ3n) is 4.73. The zero-order valence-corrected chi connectivity index (χ0v) is 17.6. The highest BCUT2D eigenvalue weighted by atomic mass is 35.5. The molecular formula is C23H23ClFNO4. The summed E-state index contributed by atoms with van der Waals surface area (Å²) in [5.41, 5.74) is 0.348. The fourth-order valence-corrected chi connectivity index (χ4v) is 3.39. The van der Waals surface area contributed by atoms with Crippen LogP contribution >= 0.6 is 11.6 Å². The molecule has 0 atom stereocenters. The van der Waals surface area contributed by atoms with Gasteiger partial charge < -0.3 is 14.5 Å². The van der Waals surface area contributed by atoms with Crippen molar-refractivity contribution in [3.63, 3.8) is 0 Å². The van der Waals surface area contributed by atoms with Crippen LogP contribution in [0.15, 0.2) is 41.2 Å². The van der Waals surface area contributed by atoms with Gasteiger partial charge in [0.2, 0.25) is 5.43 Å². The van der Waals surface area contributed by atoms with Gasteiger partial charge in [-0.15, -0.1) is 11.6 Å². The lowest BCUT2D eigenvalue weighted by Gasteiger charge is -2.14. The SMILES string of the molecule is CCCOc1ccc(F)c2c(=O)c(-c3ccc(OC)cc3)c(C(=O)CCCCl)[nH]c12. The first-order chi connectivity index (χ1) is 14.5. The minimum Gasteiger partial charge on any atom is -0.497 e. The monoisotopic (exact) mass is 431 g/mol. The Labute approximate surface area is 178 Å². The zero-order valence-electron chi connectivity index (χ0n) is 16.9. The number of H-pyrrole nitrogens is 1. The molecule has 0 spiro atoms. The molecule has 0 saturated heterocycles. The van der Waals surface area contributed by atoms with Crippen molar-refractivity contribution in [2.75, 3.05) is 19.6 Å². The van der Waals surface area contributed by atoms with Crippen LogP contribution in [0.25, 0.3) is 22.0 Å². The molecule has 0 unspecified atom stereocenters. The van der Waals surface area contributed by atoms with Gasteiger partial charge in [0.1, 0.15) is 17.3 Å². The smallest absolute Gasteiger partial charge is 0.201 e. The quantitative estimate of drug-likeness (QED) is 0.367. The van der Waals surface area contributed by atoms with Gasteiger partial charge in [0.25, 0.3) is 0 Å². The number of Topliss-reactive ketones (excluding diaryl/α,β-unsaturated/α-hetero) is 1. The molecule has 1 aromatic heterocycles. The van der Waals surface area contributed by atoms with Crippen molar-refractivity contribution < 1.29 is 18.7 Å². The normalized spacial score (nSPS) is 10.9. The minimum atomic E-state index is -0.676. The topological polar surface area (TPSA) is 68.4 Å². The van der Waals surface area contributed by atoms with Crippen LogP contribution in [0, 0.1) is 5.82 Å². The molecule has 5 nitrogen and oxygen atoms in total. The lowest BCUT2D eigenvalue weighted by atomic mass is 9.97. The third-order valence-corrected chi connectivity index (χ3v) is 4.99. The summed E-state index contributed by atoms with van der Waals surface area (Å²) in [6, 6.07) is 9.37. The Bertz CT molecular complexity index is 1110. The van der Waals surface area contributed by atoms with E-state index in [9.17, 15) is 14.0 Å². The maximum absolute atomic E-state index is 14.7. The molecule has 0 aliphatic carbocycles. The Kier molecular flexibility index (Phi) is 7.11. The highest BCUT2D eigenvalue weighted by Crippen LogP contribution is 2.30. The number of ketones is 1. The van der Waals surface area contributed by atoms with Gasteiger partial charge in [-0.25, -0.2) is 4.39 Å². The first kappa shape index (κ1) is 21.8. The first-order valence-electron chi connectivity index (χ1n) is 9.76. The molecule has 0 saturated carbocycles. The van der Waals surface area contributed by atoms with E-state index in [0.717, 1.165) is 6.42 Å². The molecule has 3 rings (SSSR count). The van der Waals surface area contributed by atoms with Crippen molar-refractivity contribution in [1.29, 1.82) is 0 Å². The maximum atomic E-state index is 14.7. The van der Waals surface area contributed by atoms with Gasteiger partial charge in [0.15, 0.2) is 5.78 Å². The number of alkyl halides is 1. The summed E-state index contributed by atoms with van der Waals surface area (Å²) >= 11 is 5.75. The van der Waals surface area contributed by atoms with Gasteiger partial charge in [0.05, 0.1) is 35.9 Å². The molecule has 0 fully saturated rings. The number of hydrogen-bond acceptors (Lipinski definition) is 4. The molecule has 2 aromatic carbocycles. The second-order valence-electron chi connectivity index (χ2n) is 6.79. The molecule has 0 bridgehead atoms. The number of ether oxygens (including phenoxy) is 2. The number of aromatic amines is 1. The van der Waals surface area contributed by atoms with E-state index in [2.05, 4.69) is 4.98 Å². The molecular weight excluding hydrogens is 409 g/mol. The number of fused-ring (bicyclic) bond motifs is 1. The van der Waals surface area contributed by atoms with Crippen LogP contribution in [0.1, 0.15) is 36.7 Å². The average molecular weight is 432 g/mol.